The number of amides is 1. The number of esters is 1. The highest BCUT2D eigenvalue weighted by molar-refractivity contribution is 5.76. The highest BCUT2D eigenvalue weighted by atomic mass is 16.6. The van der Waals surface area contributed by atoms with Crippen molar-refractivity contribution in [2.24, 2.45) is 5.41 Å². The van der Waals surface area contributed by atoms with Crippen LogP contribution in [0.1, 0.15) is 61.8 Å². The van der Waals surface area contributed by atoms with E-state index in [2.05, 4.69) is 5.32 Å². The monoisotopic (exact) mass is 287 g/mol. The zero-order chi connectivity index (χ0) is 16.2. The topological polar surface area (TPSA) is 64.6 Å². The Morgan fingerprint density at radius 2 is 1.50 bits per heavy atom. The molecule has 118 valence electrons. The number of hydrogen-bond donors (Lipinski definition) is 1. The molecule has 0 radical (unpaired) electrons. The van der Waals surface area contributed by atoms with Gasteiger partial charge in [-0.05, 0) is 61.8 Å². The number of carbonyl (C=O) groups excluding carboxylic acids is 2. The Morgan fingerprint density at radius 1 is 1.00 bits per heavy atom. The molecule has 0 heterocycles. The van der Waals surface area contributed by atoms with Gasteiger partial charge in [0.1, 0.15) is 5.60 Å². The molecule has 0 saturated heterocycles. The molecular weight excluding hydrogens is 258 g/mol. The van der Waals surface area contributed by atoms with Crippen molar-refractivity contribution in [2.45, 2.75) is 73.0 Å². The van der Waals surface area contributed by atoms with Gasteiger partial charge in [-0.1, -0.05) is 0 Å². The first kappa shape index (κ1) is 18.7. The molecular formula is C15H29NO4. The van der Waals surface area contributed by atoms with Gasteiger partial charge in [-0.15, -0.1) is 0 Å². The van der Waals surface area contributed by atoms with E-state index in [4.69, 9.17) is 9.47 Å². The molecule has 0 aliphatic heterocycles. The molecule has 5 heteroatoms. The molecule has 0 atom stereocenters. The van der Waals surface area contributed by atoms with Gasteiger partial charge in [0, 0.05) is 5.54 Å². The van der Waals surface area contributed by atoms with E-state index in [1.807, 2.05) is 48.5 Å². The summed E-state index contributed by atoms with van der Waals surface area (Å²) in [4.78, 5) is 23.7. The molecule has 0 aromatic rings. The molecule has 0 aliphatic rings. The minimum absolute atomic E-state index is 0.265. The summed E-state index contributed by atoms with van der Waals surface area (Å²) in [7, 11) is 0. The molecule has 1 N–H and O–H groups in total. The normalized spacial score (nSPS) is 12.8. The number of hydrogen-bond acceptors (Lipinski definition) is 4. The van der Waals surface area contributed by atoms with Crippen LogP contribution in [0, 0.1) is 5.41 Å². The quantitative estimate of drug-likeness (QED) is 0.788. The number of carbonyl (C=O) groups is 2. The largest absolute Gasteiger partial charge is 0.466 e. The Labute approximate surface area is 122 Å². The van der Waals surface area contributed by atoms with E-state index < -0.39 is 22.6 Å². The fourth-order valence-electron chi connectivity index (χ4n) is 2.13. The van der Waals surface area contributed by atoms with E-state index in [0.717, 1.165) is 0 Å². The third-order valence-electron chi connectivity index (χ3n) is 2.55. The molecule has 0 aromatic heterocycles. The highest BCUT2D eigenvalue weighted by Gasteiger charge is 2.37. The minimum Gasteiger partial charge on any atom is -0.466 e. The molecule has 0 saturated carbocycles. The summed E-state index contributed by atoms with van der Waals surface area (Å²) in [6.45, 7) is 14.9. The lowest BCUT2D eigenvalue weighted by atomic mass is 9.80. The predicted molar refractivity (Wildman–Crippen MR) is 78.5 cm³/mol. The Hall–Kier alpha value is -1.26. The fourth-order valence-corrected chi connectivity index (χ4v) is 2.13. The van der Waals surface area contributed by atoms with Crippen molar-refractivity contribution in [2.75, 3.05) is 6.61 Å². The van der Waals surface area contributed by atoms with Crippen LogP contribution in [-0.2, 0) is 14.3 Å². The third-order valence-corrected chi connectivity index (χ3v) is 2.55. The molecule has 0 bridgehead atoms. The van der Waals surface area contributed by atoms with Crippen molar-refractivity contribution in [1.29, 1.82) is 0 Å². The van der Waals surface area contributed by atoms with Crippen LogP contribution in [-0.4, -0.2) is 29.8 Å². The van der Waals surface area contributed by atoms with Crippen molar-refractivity contribution in [3.05, 3.63) is 0 Å². The zero-order valence-corrected chi connectivity index (χ0v) is 14.0. The maximum atomic E-state index is 11.9. The first-order chi connectivity index (χ1) is 8.79. The highest BCUT2D eigenvalue weighted by Crippen LogP contribution is 2.29. The summed E-state index contributed by atoms with van der Waals surface area (Å²) >= 11 is 0. The lowest BCUT2D eigenvalue weighted by molar-refractivity contribution is -0.154. The molecule has 0 aliphatic carbocycles. The molecule has 5 nitrogen and oxygen atoms in total. The second kappa shape index (κ2) is 6.46. The van der Waals surface area contributed by atoms with Crippen molar-refractivity contribution in [1.82, 2.24) is 5.32 Å². The van der Waals surface area contributed by atoms with Crippen LogP contribution in [0.2, 0.25) is 0 Å². The first-order valence-corrected chi connectivity index (χ1v) is 6.97. The second-order valence-electron chi connectivity index (χ2n) is 7.29. The summed E-state index contributed by atoms with van der Waals surface area (Å²) < 4.78 is 10.3. The molecule has 0 fully saturated rings. The smallest absolute Gasteiger partial charge is 0.408 e. The van der Waals surface area contributed by atoms with Crippen LogP contribution in [0.5, 0.6) is 0 Å². The van der Waals surface area contributed by atoms with Gasteiger partial charge in [0.25, 0.3) is 0 Å². The Kier molecular flexibility index (Phi) is 6.05. The zero-order valence-electron chi connectivity index (χ0n) is 14.0. The average molecular weight is 287 g/mol. The van der Waals surface area contributed by atoms with Gasteiger partial charge in [-0.3, -0.25) is 4.79 Å². The minimum atomic E-state index is -0.672. The van der Waals surface area contributed by atoms with Crippen LogP contribution < -0.4 is 5.32 Å². The van der Waals surface area contributed by atoms with Gasteiger partial charge < -0.3 is 14.8 Å². The van der Waals surface area contributed by atoms with Crippen molar-refractivity contribution >= 4 is 12.1 Å². The van der Waals surface area contributed by atoms with E-state index in [1.165, 1.54) is 0 Å². The lowest BCUT2D eigenvalue weighted by Crippen LogP contribution is -2.49. The SMILES string of the molecule is CCOC(=O)C(C)(C)CC(C)(C)NC(=O)OC(C)(C)C. The number of rotatable bonds is 5. The summed E-state index contributed by atoms with van der Waals surface area (Å²) in [5.74, 6) is -0.265. The Morgan fingerprint density at radius 3 is 1.90 bits per heavy atom. The predicted octanol–water partition coefficient (Wildman–Crippen LogP) is 3.27. The van der Waals surface area contributed by atoms with Gasteiger partial charge >= 0.3 is 12.1 Å². The molecule has 1 amide bonds. The van der Waals surface area contributed by atoms with Crippen LogP contribution in [0.3, 0.4) is 0 Å². The van der Waals surface area contributed by atoms with Crippen molar-refractivity contribution in [3.63, 3.8) is 0 Å². The van der Waals surface area contributed by atoms with E-state index in [0.29, 0.717) is 13.0 Å². The molecule has 0 unspecified atom stereocenters. The number of nitrogens with one attached hydrogen (secondary N) is 1. The van der Waals surface area contributed by atoms with Crippen LogP contribution >= 0.6 is 0 Å². The molecule has 0 aromatic carbocycles. The molecule has 0 rings (SSSR count). The number of alkyl carbamates (subject to hydrolysis) is 1. The fraction of sp³-hybridized carbons (Fsp3) is 0.867. The molecule has 0 spiro atoms. The summed E-state index contributed by atoms with van der Waals surface area (Å²) in [6.07, 6.45) is -0.0277. The van der Waals surface area contributed by atoms with Gasteiger partial charge in [-0.25, -0.2) is 4.79 Å². The van der Waals surface area contributed by atoms with Crippen LogP contribution in [0.4, 0.5) is 4.79 Å². The Bertz CT molecular complexity index is 353. The maximum absolute atomic E-state index is 11.9. The summed E-state index contributed by atoms with van der Waals surface area (Å²) in [5, 5.41) is 2.80. The van der Waals surface area contributed by atoms with Crippen molar-refractivity contribution in [3.8, 4) is 0 Å². The average Bonchev–Trinajstić information content (AvgIpc) is 2.10. The van der Waals surface area contributed by atoms with E-state index in [1.54, 1.807) is 6.92 Å². The second-order valence-corrected chi connectivity index (χ2v) is 7.29. The van der Waals surface area contributed by atoms with Crippen LogP contribution in [0.15, 0.2) is 0 Å². The Balaban J connectivity index is 4.66. The maximum Gasteiger partial charge on any atom is 0.408 e. The first-order valence-electron chi connectivity index (χ1n) is 6.97. The van der Waals surface area contributed by atoms with E-state index in [9.17, 15) is 9.59 Å². The third kappa shape index (κ3) is 7.36. The van der Waals surface area contributed by atoms with Gasteiger partial charge in [0.2, 0.25) is 0 Å². The van der Waals surface area contributed by atoms with Gasteiger partial charge in [0.05, 0.1) is 12.0 Å². The van der Waals surface area contributed by atoms with Crippen LogP contribution in [0.25, 0.3) is 0 Å². The van der Waals surface area contributed by atoms with Gasteiger partial charge in [0.15, 0.2) is 0 Å². The standard InChI is InChI=1S/C15H29NO4/c1-9-19-11(17)14(5,6)10-15(7,8)16-12(18)20-13(2,3)4/h9-10H2,1-8H3,(H,16,18). The van der Waals surface area contributed by atoms with Gasteiger partial charge in [-0.2, -0.15) is 0 Å². The molecule has 20 heavy (non-hydrogen) atoms. The summed E-state index contributed by atoms with van der Waals surface area (Å²) in [6, 6.07) is 0. The van der Waals surface area contributed by atoms with E-state index >= 15 is 0 Å². The van der Waals surface area contributed by atoms with E-state index in [-0.39, 0.29) is 5.97 Å². The van der Waals surface area contributed by atoms with Crippen molar-refractivity contribution < 1.29 is 19.1 Å². The summed E-state index contributed by atoms with van der Waals surface area (Å²) in [5.41, 5.74) is -1.79. The number of ether oxygens (including phenoxy) is 2. The lowest BCUT2D eigenvalue weighted by Gasteiger charge is -2.34.